The molecule has 144 valence electrons. The van der Waals surface area contributed by atoms with Crippen molar-refractivity contribution in [1.29, 1.82) is 0 Å². The van der Waals surface area contributed by atoms with Crippen molar-refractivity contribution in [2.24, 2.45) is 10.9 Å². The quantitative estimate of drug-likeness (QED) is 0.566. The van der Waals surface area contributed by atoms with Crippen LogP contribution in [0.15, 0.2) is 59.6 Å². The van der Waals surface area contributed by atoms with Gasteiger partial charge in [0.05, 0.1) is 0 Å². The van der Waals surface area contributed by atoms with Crippen LogP contribution in [-0.4, -0.2) is 44.1 Å². The van der Waals surface area contributed by atoms with Gasteiger partial charge >= 0.3 is 0 Å². The first-order valence-electron chi connectivity index (χ1n) is 9.68. The average Bonchev–Trinajstić information content (AvgIpc) is 3.16. The van der Waals surface area contributed by atoms with E-state index in [0.29, 0.717) is 5.92 Å². The molecule has 1 aliphatic heterocycles. The molecule has 0 aliphatic carbocycles. The molecule has 0 amide bonds. The Morgan fingerprint density at radius 1 is 1.07 bits per heavy atom. The van der Waals surface area contributed by atoms with Crippen LogP contribution in [0.1, 0.15) is 17.5 Å². The number of hydrogen-bond acceptors (Lipinski definition) is 2. The minimum atomic E-state index is 0.676. The van der Waals surface area contributed by atoms with Crippen LogP contribution >= 0.6 is 11.6 Å². The third-order valence-electron chi connectivity index (χ3n) is 5.08. The lowest BCUT2D eigenvalue weighted by molar-refractivity contribution is 0.328. The minimum Gasteiger partial charge on any atom is -0.356 e. The number of hydrogen-bond donors (Lipinski definition) is 2. The summed E-state index contributed by atoms with van der Waals surface area (Å²) in [5.74, 6) is 1.53. The molecule has 1 fully saturated rings. The predicted octanol–water partition coefficient (Wildman–Crippen LogP) is 3.57. The number of likely N-dealkylation sites (tertiary alicyclic amines) is 1. The molecule has 1 saturated heterocycles. The fraction of sp³-hybridized carbons (Fsp3) is 0.409. The van der Waals surface area contributed by atoms with E-state index in [1.807, 2.05) is 31.3 Å². The highest BCUT2D eigenvalue weighted by atomic mass is 35.5. The van der Waals surface area contributed by atoms with Gasteiger partial charge in [0.1, 0.15) is 0 Å². The lowest BCUT2D eigenvalue weighted by atomic mass is 10.1. The van der Waals surface area contributed by atoms with Gasteiger partial charge in [-0.3, -0.25) is 4.99 Å². The van der Waals surface area contributed by atoms with Crippen molar-refractivity contribution in [2.75, 3.05) is 33.2 Å². The molecule has 3 rings (SSSR count). The highest BCUT2D eigenvalue weighted by molar-refractivity contribution is 6.30. The molecule has 0 saturated carbocycles. The Balaban J connectivity index is 1.35. The van der Waals surface area contributed by atoms with E-state index < -0.39 is 0 Å². The van der Waals surface area contributed by atoms with Crippen molar-refractivity contribution in [3.63, 3.8) is 0 Å². The molecular weight excluding hydrogens is 356 g/mol. The van der Waals surface area contributed by atoms with E-state index in [1.165, 1.54) is 24.1 Å². The predicted molar refractivity (Wildman–Crippen MR) is 114 cm³/mol. The third-order valence-corrected chi connectivity index (χ3v) is 5.34. The number of guanidine groups is 1. The number of nitrogens with one attached hydrogen (secondary N) is 2. The zero-order valence-corrected chi connectivity index (χ0v) is 16.8. The molecule has 1 aliphatic rings. The van der Waals surface area contributed by atoms with Crippen LogP contribution < -0.4 is 10.6 Å². The van der Waals surface area contributed by atoms with Crippen molar-refractivity contribution < 1.29 is 0 Å². The molecular formula is C22H29ClN4. The second kappa shape index (κ2) is 10.3. The third kappa shape index (κ3) is 6.56. The summed E-state index contributed by atoms with van der Waals surface area (Å²) in [4.78, 5) is 6.90. The summed E-state index contributed by atoms with van der Waals surface area (Å²) in [5, 5.41) is 7.61. The molecule has 5 heteroatoms. The standard InChI is InChI=1S/C22H29ClN4/c1-24-22(25-15-19-7-9-21(23)10-8-19)26-16-20-12-14-27(17-20)13-11-18-5-3-2-4-6-18/h2-10,20H,11-17H2,1H3,(H2,24,25,26). The molecule has 0 bridgehead atoms. The lowest BCUT2D eigenvalue weighted by Gasteiger charge is -2.17. The summed E-state index contributed by atoms with van der Waals surface area (Å²) in [6.07, 6.45) is 2.38. The van der Waals surface area contributed by atoms with Crippen LogP contribution in [0.5, 0.6) is 0 Å². The summed E-state index contributed by atoms with van der Waals surface area (Å²) >= 11 is 5.93. The monoisotopic (exact) mass is 384 g/mol. The van der Waals surface area contributed by atoms with Crippen LogP contribution in [0.25, 0.3) is 0 Å². The maximum atomic E-state index is 5.93. The zero-order chi connectivity index (χ0) is 18.9. The summed E-state index contributed by atoms with van der Waals surface area (Å²) in [7, 11) is 1.82. The van der Waals surface area contributed by atoms with Gasteiger partial charge in [0.25, 0.3) is 0 Å². The second-order valence-electron chi connectivity index (χ2n) is 7.12. The Morgan fingerprint density at radius 3 is 2.59 bits per heavy atom. The Kier molecular flexibility index (Phi) is 7.55. The fourth-order valence-corrected chi connectivity index (χ4v) is 3.59. The number of aliphatic imine (C=N–C) groups is 1. The first kappa shape index (κ1) is 19.7. The van der Waals surface area contributed by atoms with Gasteiger partial charge in [-0.25, -0.2) is 0 Å². The summed E-state index contributed by atoms with van der Waals surface area (Å²) < 4.78 is 0. The average molecular weight is 385 g/mol. The molecule has 2 aromatic carbocycles. The van der Waals surface area contributed by atoms with Crippen LogP contribution in [0.3, 0.4) is 0 Å². The van der Waals surface area contributed by atoms with E-state index in [1.54, 1.807) is 0 Å². The molecule has 2 N–H and O–H groups in total. The van der Waals surface area contributed by atoms with Gasteiger partial charge in [-0.05, 0) is 48.6 Å². The van der Waals surface area contributed by atoms with Gasteiger partial charge in [-0.1, -0.05) is 54.1 Å². The number of nitrogens with zero attached hydrogens (tertiary/aromatic N) is 2. The molecule has 1 unspecified atom stereocenters. The minimum absolute atomic E-state index is 0.676. The van der Waals surface area contributed by atoms with E-state index in [4.69, 9.17) is 11.6 Å². The topological polar surface area (TPSA) is 39.7 Å². The Hall–Kier alpha value is -2.04. The smallest absolute Gasteiger partial charge is 0.191 e. The van der Waals surface area contributed by atoms with E-state index >= 15 is 0 Å². The highest BCUT2D eigenvalue weighted by Crippen LogP contribution is 2.16. The van der Waals surface area contributed by atoms with Gasteiger partial charge in [-0.2, -0.15) is 0 Å². The normalized spacial score (nSPS) is 17.9. The Morgan fingerprint density at radius 2 is 1.85 bits per heavy atom. The maximum Gasteiger partial charge on any atom is 0.191 e. The van der Waals surface area contributed by atoms with E-state index in [-0.39, 0.29) is 0 Å². The van der Waals surface area contributed by atoms with Crippen molar-refractivity contribution in [3.05, 3.63) is 70.7 Å². The molecule has 0 radical (unpaired) electrons. The van der Waals surface area contributed by atoms with Gasteiger partial charge < -0.3 is 15.5 Å². The van der Waals surface area contributed by atoms with Crippen LogP contribution in [-0.2, 0) is 13.0 Å². The van der Waals surface area contributed by atoms with Gasteiger partial charge in [0, 0.05) is 38.2 Å². The molecule has 1 heterocycles. The van der Waals surface area contributed by atoms with Gasteiger partial charge in [0.15, 0.2) is 5.96 Å². The van der Waals surface area contributed by atoms with Crippen molar-refractivity contribution in [3.8, 4) is 0 Å². The summed E-state index contributed by atoms with van der Waals surface area (Å²) in [6, 6.07) is 18.6. The largest absolute Gasteiger partial charge is 0.356 e. The van der Waals surface area contributed by atoms with Crippen molar-refractivity contribution in [2.45, 2.75) is 19.4 Å². The summed E-state index contributed by atoms with van der Waals surface area (Å²) in [6.45, 7) is 5.20. The number of benzene rings is 2. The Bertz CT molecular complexity index is 715. The van der Waals surface area contributed by atoms with Gasteiger partial charge in [-0.15, -0.1) is 0 Å². The summed E-state index contributed by atoms with van der Waals surface area (Å²) in [5.41, 5.74) is 2.61. The molecule has 0 aromatic heterocycles. The molecule has 2 aromatic rings. The van der Waals surface area contributed by atoms with Crippen molar-refractivity contribution in [1.82, 2.24) is 15.5 Å². The maximum absolute atomic E-state index is 5.93. The van der Waals surface area contributed by atoms with Crippen LogP contribution in [0, 0.1) is 5.92 Å². The van der Waals surface area contributed by atoms with Crippen LogP contribution in [0.4, 0.5) is 0 Å². The fourth-order valence-electron chi connectivity index (χ4n) is 3.46. The van der Waals surface area contributed by atoms with E-state index in [2.05, 4.69) is 50.9 Å². The van der Waals surface area contributed by atoms with Gasteiger partial charge in [0.2, 0.25) is 0 Å². The van der Waals surface area contributed by atoms with E-state index in [9.17, 15) is 0 Å². The lowest BCUT2D eigenvalue weighted by Crippen LogP contribution is -2.40. The second-order valence-corrected chi connectivity index (χ2v) is 7.56. The molecule has 4 nitrogen and oxygen atoms in total. The molecule has 1 atom stereocenters. The number of halogens is 1. The zero-order valence-electron chi connectivity index (χ0n) is 16.0. The first-order valence-corrected chi connectivity index (χ1v) is 10.1. The number of rotatable bonds is 7. The molecule has 0 spiro atoms. The Labute approximate surface area is 167 Å². The molecule has 27 heavy (non-hydrogen) atoms. The SMILES string of the molecule is CN=C(NCc1ccc(Cl)cc1)NCC1CCN(CCc2ccccc2)C1. The first-order chi connectivity index (χ1) is 13.2. The van der Waals surface area contributed by atoms with Crippen molar-refractivity contribution >= 4 is 17.6 Å². The van der Waals surface area contributed by atoms with E-state index in [0.717, 1.165) is 43.6 Å². The van der Waals surface area contributed by atoms with Crippen LogP contribution in [0.2, 0.25) is 5.02 Å². The highest BCUT2D eigenvalue weighted by Gasteiger charge is 2.22.